The third kappa shape index (κ3) is 28.1. The fourth-order valence-electron chi connectivity index (χ4n) is 13.1. The molecule has 3 aliphatic rings. The number of carboxylic acids is 1. The fourth-order valence-corrected chi connectivity index (χ4v) is 13.6. The highest BCUT2D eigenvalue weighted by Gasteiger charge is 2.43. The van der Waals surface area contributed by atoms with Crippen molar-refractivity contribution in [1.29, 1.82) is 0 Å². The number of amides is 16. The van der Waals surface area contributed by atoms with Crippen molar-refractivity contribution in [2.45, 2.75) is 196 Å². The number of nitrogens with one attached hydrogen (secondary N) is 14. The molecule has 3 fully saturated rings. The van der Waals surface area contributed by atoms with E-state index in [0.29, 0.717) is 49.8 Å². The van der Waals surface area contributed by atoms with Gasteiger partial charge >= 0.3 is 5.97 Å². The van der Waals surface area contributed by atoms with Gasteiger partial charge in [0.1, 0.15) is 73.0 Å². The summed E-state index contributed by atoms with van der Waals surface area (Å²) in [5.41, 5.74) is 18.6. The van der Waals surface area contributed by atoms with Gasteiger partial charge in [0, 0.05) is 61.0 Å². The summed E-state index contributed by atoms with van der Waals surface area (Å²) in [6.07, 6.45) is 1.09. The number of primary amides is 2. The van der Waals surface area contributed by atoms with Crippen molar-refractivity contribution >= 4 is 137 Å². The second-order valence-electron chi connectivity index (χ2n) is 28.1. The average molecular weight is 1600 g/mol. The van der Waals surface area contributed by atoms with E-state index in [1.807, 2.05) is 6.07 Å². The van der Waals surface area contributed by atoms with E-state index in [2.05, 4.69) is 99.4 Å². The average Bonchev–Trinajstić information content (AvgIpc) is 1.64. The molecule has 1 aromatic heterocycles. The number of aromatic amines is 1. The number of thiol groups is 2. The number of hydrogen-bond acceptors (Lipinski definition) is 22. The quantitative estimate of drug-likeness (QED) is 0.0185. The summed E-state index contributed by atoms with van der Waals surface area (Å²) >= 11 is 8.64. The van der Waals surface area contributed by atoms with Gasteiger partial charge in [-0.2, -0.15) is 25.3 Å². The lowest BCUT2D eigenvalue weighted by atomic mass is 10.0. The Hall–Kier alpha value is -10.5. The van der Waals surface area contributed by atoms with Crippen molar-refractivity contribution in [2.24, 2.45) is 23.1 Å². The molecule has 6 rings (SSSR count). The number of benzene rings is 2. The Morgan fingerprint density at radius 1 is 0.527 bits per heavy atom. The van der Waals surface area contributed by atoms with E-state index in [-0.39, 0.29) is 82.0 Å². The lowest BCUT2D eigenvalue weighted by Crippen LogP contribution is -2.61. The van der Waals surface area contributed by atoms with Crippen molar-refractivity contribution < 1.29 is 91.7 Å². The summed E-state index contributed by atoms with van der Waals surface area (Å²) in [6.45, 7) is 3.22. The van der Waals surface area contributed by atoms with Crippen LogP contribution in [0.5, 0.6) is 0 Å². The van der Waals surface area contributed by atoms with Crippen LogP contribution in [0.1, 0.15) is 115 Å². The van der Waals surface area contributed by atoms with Crippen LogP contribution in [0, 0.1) is 5.92 Å². The van der Waals surface area contributed by atoms with Crippen molar-refractivity contribution in [2.75, 3.05) is 57.3 Å². The lowest BCUT2D eigenvalue weighted by Gasteiger charge is -2.30. The second-order valence-corrected chi connectivity index (χ2v) is 28.8. The first-order valence-electron chi connectivity index (χ1n) is 37.2. The molecule has 2 aromatic carbocycles. The Balaban J connectivity index is 1.06. The number of para-hydroxylation sites is 1. The first-order chi connectivity index (χ1) is 53.3. The number of nitrogens with two attached hydrogens (primary N) is 3. The molecule has 112 heavy (non-hydrogen) atoms. The zero-order chi connectivity index (χ0) is 82.3. The zero-order valence-corrected chi connectivity index (χ0v) is 64.5. The predicted molar refractivity (Wildman–Crippen MR) is 411 cm³/mol. The number of unbranched alkanes of at least 4 members (excludes halogenated alkanes) is 1. The molecule has 13 atom stereocenters. The number of hydrogen-bond donors (Lipinski definition) is 21. The largest absolute Gasteiger partial charge is 0.480 e. The van der Waals surface area contributed by atoms with Crippen LogP contribution < -0.4 is 86.3 Å². The molecule has 0 radical (unpaired) electrons. The zero-order valence-electron chi connectivity index (χ0n) is 62.7. The number of carboxylic acid groups (broad SMARTS) is 1. The van der Waals surface area contributed by atoms with Crippen LogP contribution in [-0.2, 0) is 94.3 Å². The van der Waals surface area contributed by atoms with Gasteiger partial charge in [-0.1, -0.05) is 62.4 Å². The molecule has 614 valence electrons. The van der Waals surface area contributed by atoms with Gasteiger partial charge in [0.15, 0.2) is 0 Å². The molecular formula is C72H105N19O19S2. The van der Waals surface area contributed by atoms with Crippen LogP contribution >= 0.6 is 25.3 Å². The standard InChI is InChI=1S/C72H105N19O19S2/c1-38(2)28-47(64(102)87-51(36-111)67(105)85-49(30-41-32-77-43-17-8-7-16-42(41)43)71(109)90-26-12-20-53(90)68(106)80-35-59(97)98)84-70(108)60(39(3)92)89-58(96)34-78-57(95)33-79-61(99)45(18-9-10-24-73)81-63(101)46(22-23-55(74)93)82-65(103)48(29-40-14-5-4-6-15-40)83-66(104)52(37-112)88-69(107)54-21-13-27-91(54)72(110)50(31-56(75)94)86-62(100)44-19-11-25-76-44/h4-8,14-17,32,38-39,44-54,60,76-77,92,111-112H,9-13,18-31,33-37,73H2,1-3H3,(H2,74,93)(H2,75,94)(H,78,95)(H,79,99)(H,80,106)(H,81,101)(H,82,103)(H,83,104)(H,84,108)(H,85,105)(H,86,100)(H,87,102)(H,88,107)(H,89,96)(H,97,98)/t39-,44+,45+,46+,47+,48+,49+,50+,51+,52+,53+,54+,60+/m1/s1. The van der Waals surface area contributed by atoms with Gasteiger partial charge in [0.05, 0.1) is 31.7 Å². The van der Waals surface area contributed by atoms with E-state index in [9.17, 15) is 91.7 Å². The number of aliphatic hydroxyl groups is 1. The highest BCUT2D eigenvalue weighted by atomic mass is 32.1. The summed E-state index contributed by atoms with van der Waals surface area (Å²) in [5.74, 6) is -16.1. The number of aliphatic hydroxyl groups excluding tert-OH is 1. The van der Waals surface area contributed by atoms with E-state index in [0.717, 1.165) is 17.8 Å². The van der Waals surface area contributed by atoms with Gasteiger partial charge in [0.25, 0.3) is 0 Å². The highest BCUT2D eigenvalue weighted by Crippen LogP contribution is 2.25. The van der Waals surface area contributed by atoms with Gasteiger partial charge in [-0.05, 0) is 114 Å². The number of rotatable bonds is 45. The van der Waals surface area contributed by atoms with Crippen molar-refractivity contribution in [1.82, 2.24) is 83.9 Å². The number of likely N-dealkylation sites (tertiary alicyclic amines) is 2. The van der Waals surface area contributed by atoms with Crippen LogP contribution in [0.25, 0.3) is 10.9 Å². The molecule has 38 nitrogen and oxygen atoms in total. The van der Waals surface area contributed by atoms with Crippen LogP contribution in [0.4, 0.5) is 0 Å². The topological polar surface area (TPSA) is 587 Å². The Bertz CT molecular complexity index is 3850. The smallest absolute Gasteiger partial charge is 0.322 e. The minimum atomic E-state index is -1.75. The summed E-state index contributed by atoms with van der Waals surface area (Å²) in [5, 5.41) is 53.7. The minimum absolute atomic E-state index is 0.0457. The van der Waals surface area contributed by atoms with Crippen LogP contribution in [0.2, 0.25) is 0 Å². The Morgan fingerprint density at radius 3 is 1.67 bits per heavy atom. The van der Waals surface area contributed by atoms with Gasteiger partial charge in [-0.15, -0.1) is 0 Å². The van der Waals surface area contributed by atoms with E-state index >= 15 is 0 Å². The summed E-state index contributed by atoms with van der Waals surface area (Å²) in [4.78, 5) is 236. The van der Waals surface area contributed by atoms with Crippen molar-refractivity contribution in [3.05, 3.63) is 71.9 Å². The second kappa shape index (κ2) is 45.2. The van der Waals surface area contributed by atoms with E-state index in [1.165, 1.54) is 9.80 Å². The Morgan fingerprint density at radius 2 is 1.07 bits per heavy atom. The highest BCUT2D eigenvalue weighted by molar-refractivity contribution is 7.80. The third-order valence-electron chi connectivity index (χ3n) is 18.9. The first-order valence-corrected chi connectivity index (χ1v) is 38.5. The van der Waals surface area contributed by atoms with Crippen molar-refractivity contribution in [3.8, 4) is 0 Å². The first kappa shape index (κ1) is 90.4. The lowest BCUT2D eigenvalue weighted by molar-refractivity contribution is -0.143. The molecule has 3 saturated heterocycles. The SMILES string of the molecule is CC(C)C[C@H](NC(=O)[C@@H](NC(=O)CNC(=O)CNC(=O)[C@H](CCCCN)NC(=O)[C@H](CCC(N)=O)NC(=O)[C@H](Cc1ccccc1)NC(=O)[C@H](CS)NC(=O)[C@@H]1CCCN1C(=O)[C@H](CC(N)=O)NC(=O)[C@@H]1CCCN1)[C@@H](C)O)C(=O)N[C@@H](CS)C(=O)N[C@@H](Cc1c[nH]c2ccccc12)C(=O)N1CCC[C@H]1C(=O)NCC(=O)O. The molecule has 0 unspecified atom stereocenters. The minimum Gasteiger partial charge on any atom is -0.480 e. The fraction of sp³-hybridized carbons (Fsp3) is 0.569. The summed E-state index contributed by atoms with van der Waals surface area (Å²) in [7, 11) is 0. The maximum Gasteiger partial charge on any atom is 0.322 e. The summed E-state index contributed by atoms with van der Waals surface area (Å²) in [6, 6.07) is -0.615. The van der Waals surface area contributed by atoms with E-state index in [4.69, 9.17) is 17.2 Å². The maximum absolute atomic E-state index is 14.5. The van der Waals surface area contributed by atoms with E-state index < -0.39 is 218 Å². The van der Waals surface area contributed by atoms with Gasteiger partial charge in [-0.25, -0.2) is 0 Å². The molecule has 16 amide bonds. The normalized spacial score (nSPS) is 17.9. The molecule has 4 heterocycles. The predicted octanol–water partition coefficient (Wildman–Crippen LogP) is -5.96. The number of nitrogens with zero attached hydrogens (tertiary/aromatic N) is 2. The number of aliphatic carboxylic acids is 1. The monoisotopic (exact) mass is 1600 g/mol. The molecule has 22 N–H and O–H groups in total. The van der Waals surface area contributed by atoms with Gasteiger partial charge in [0.2, 0.25) is 94.5 Å². The number of carbonyl (C=O) groups excluding carboxylic acids is 16. The van der Waals surface area contributed by atoms with Crippen molar-refractivity contribution in [3.63, 3.8) is 0 Å². The molecule has 3 aliphatic heterocycles. The number of aromatic nitrogens is 1. The molecule has 40 heteroatoms. The van der Waals surface area contributed by atoms with Crippen LogP contribution in [0.15, 0.2) is 60.8 Å². The number of fused-ring (bicyclic) bond motifs is 1. The van der Waals surface area contributed by atoms with Crippen LogP contribution in [-0.4, -0.2) is 261 Å². The molecule has 3 aromatic rings. The summed E-state index contributed by atoms with van der Waals surface area (Å²) < 4.78 is 0. The molecule has 0 saturated carbocycles. The third-order valence-corrected chi connectivity index (χ3v) is 19.7. The van der Waals surface area contributed by atoms with Gasteiger partial charge in [-0.3, -0.25) is 81.5 Å². The number of H-pyrrole nitrogens is 1. The molecule has 0 spiro atoms. The van der Waals surface area contributed by atoms with Gasteiger partial charge < -0.3 is 111 Å². The maximum atomic E-state index is 14.5. The molecule has 0 aliphatic carbocycles. The molecular weight excluding hydrogens is 1500 g/mol. The van der Waals surface area contributed by atoms with Crippen LogP contribution in [0.3, 0.4) is 0 Å². The Kier molecular flexibility index (Phi) is 36.5. The molecule has 0 bridgehead atoms. The number of carbonyl (C=O) groups is 17. The van der Waals surface area contributed by atoms with E-state index in [1.54, 1.807) is 68.6 Å². The Labute approximate surface area is 657 Å².